The Kier molecular flexibility index (Phi) is 4.63. The van der Waals surface area contributed by atoms with E-state index in [1.807, 2.05) is 18.2 Å². The van der Waals surface area contributed by atoms with Crippen LogP contribution in [-0.2, 0) is 4.74 Å². The normalized spacial score (nSPS) is 15.5. The summed E-state index contributed by atoms with van der Waals surface area (Å²) < 4.78 is 5.48. The van der Waals surface area contributed by atoms with Crippen LogP contribution >= 0.6 is 22.9 Å². The van der Waals surface area contributed by atoms with Crippen LogP contribution in [0.2, 0.25) is 5.02 Å². The number of nitrogens with zero attached hydrogens (tertiary/aromatic N) is 1. The second-order valence-corrected chi connectivity index (χ2v) is 7.22. The van der Waals surface area contributed by atoms with Crippen LogP contribution in [0, 0.1) is 0 Å². The van der Waals surface area contributed by atoms with Gasteiger partial charge in [0.2, 0.25) is 0 Å². The van der Waals surface area contributed by atoms with Gasteiger partial charge in [0.1, 0.15) is 13.1 Å². The molecule has 1 saturated heterocycles. The van der Waals surface area contributed by atoms with Crippen LogP contribution in [0.4, 0.5) is 5.13 Å². The zero-order chi connectivity index (χ0) is 16.4. The Morgan fingerprint density at radius 3 is 2.33 bits per heavy atom. The standard InChI is InChI=1S/C19H17ClN2OS/c20-16-8-6-15(7-9-16)18-17(14-4-2-1-3-5-14)21-19(24-18)22-10-12-23-13-11-22/h1-9H,10-13H2/p+1. The molecule has 0 spiro atoms. The van der Waals surface area contributed by atoms with E-state index in [1.165, 1.54) is 9.78 Å². The molecule has 1 aliphatic rings. The second-order valence-electron chi connectivity index (χ2n) is 5.79. The quantitative estimate of drug-likeness (QED) is 0.774. The van der Waals surface area contributed by atoms with Gasteiger partial charge in [0, 0.05) is 10.6 Å². The van der Waals surface area contributed by atoms with E-state index in [-0.39, 0.29) is 0 Å². The molecule has 1 aromatic heterocycles. The van der Waals surface area contributed by atoms with Crippen LogP contribution < -0.4 is 4.90 Å². The van der Waals surface area contributed by atoms with Gasteiger partial charge in [-0.3, -0.25) is 4.90 Å². The number of hydrogen-bond donors (Lipinski definition) is 1. The molecule has 0 unspecified atom stereocenters. The van der Waals surface area contributed by atoms with Gasteiger partial charge < -0.3 is 4.74 Å². The summed E-state index contributed by atoms with van der Waals surface area (Å²) in [5, 5.41) is 1.89. The highest BCUT2D eigenvalue weighted by atomic mass is 35.5. The lowest BCUT2D eigenvalue weighted by molar-refractivity contribution is -0.841. The molecule has 0 saturated carbocycles. The number of halogens is 1. The summed E-state index contributed by atoms with van der Waals surface area (Å²) in [4.78, 5) is 7.60. The van der Waals surface area contributed by atoms with Gasteiger partial charge in [0.25, 0.3) is 5.13 Å². The number of hydrogen-bond acceptors (Lipinski definition) is 3. The van der Waals surface area contributed by atoms with Crippen molar-refractivity contribution in [2.45, 2.75) is 0 Å². The highest BCUT2D eigenvalue weighted by Crippen LogP contribution is 2.38. The smallest absolute Gasteiger partial charge is 0.285 e. The van der Waals surface area contributed by atoms with E-state index in [1.54, 1.807) is 11.3 Å². The maximum absolute atomic E-state index is 6.05. The lowest BCUT2D eigenvalue weighted by Crippen LogP contribution is -3.09. The van der Waals surface area contributed by atoms with E-state index in [0.717, 1.165) is 53.3 Å². The molecule has 24 heavy (non-hydrogen) atoms. The molecule has 3 aromatic rings. The first-order valence-electron chi connectivity index (χ1n) is 8.06. The molecule has 0 radical (unpaired) electrons. The van der Waals surface area contributed by atoms with Gasteiger partial charge in [-0.25, -0.2) is 0 Å². The van der Waals surface area contributed by atoms with Crippen LogP contribution in [0.3, 0.4) is 0 Å². The van der Waals surface area contributed by atoms with Gasteiger partial charge in [-0.1, -0.05) is 65.4 Å². The molecule has 1 fully saturated rings. The Hall–Kier alpha value is -1.72. The zero-order valence-electron chi connectivity index (χ0n) is 13.2. The zero-order valence-corrected chi connectivity index (χ0v) is 14.7. The predicted octanol–water partition coefficient (Wildman–Crippen LogP) is 3.68. The fourth-order valence-corrected chi connectivity index (χ4v) is 4.21. The number of nitrogens with one attached hydrogen (secondary N) is 1. The third kappa shape index (κ3) is 3.23. The monoisotopic (exact) mass is 357 g/mol. The van der Waals surface area contributed by atoms with Crippen molar-refractivity contribution in [3.05, 3.63) is 59.6 Å². The number of rotatable bonds is 3. The molecule has 0 bridgehead atoms. The number of morpholine rings is 1. The minimum absolute atomic E-state index is 0.753. The summed E-state index contributed by atoms with van der Waals surface area (Å²) in [7, 11) is 0. The van der Waals surface area contributed by atoms with E-state index in [0.29, 0.717) is 0 Å². The number of quaternary nitrogens is 1. The van der Waals surface area contributed by atoms with Crippen molar-refractivity contribution in [1.29, 1.82) is 0 Å². The van der Waals surface area contributed by atoms with E-state index in [2.05, 4.69) is 36.4 Å². The van der Waals surface area contributed by atoms with Crippen LogP contribution in [0.25, 0.3) is 21.7 Å². The largest absolute Gasteiger partial charge is 0.370 e. The molecule has 2 heterocycles. The molecule has 1 N–H and O–H groups in total. The minimum Gasteiger partial charge on any atom is -0.370 e. The van der Waals surface area contributed by atoms with Crippen molar-refractivity contribution in [3.8, 4) is 21.7 Å². The maximum Gasteiger partial charge on any atom is 0.285 e. The summed E-state index contributed by atoms with van der Waals surface area (Å²) in [6.45, 7) is 3.54. The molecule has 1 aliphatic heterocycles. The maximum atomic E-state index is 6.05. The third-order valence-electron chi connectivity index (χ3n) is 4.18. The lowest BCUT2D eigenvalue weighted by Gasteiger charge is -2.20. The molecule has 0 amide bonds. The van der Waals surface area contributed by atoms with Crippen LogP contribution in [0.15, 0.2) is 54.6 Å². The minimum atomic E-state index is 0.753. The highest BCUT2D eigenvalue weighted by Gasteiger charge is 2.24. The number of benzene rings is 2. The average molecular weight is 358 g/mol. The number of aromatic nitrogens is 1. The summed E-state index contributed by atoms with van der Waals surface area (Å²) >= 11 is 7.83. The lowest BCUT2D eigenvalue weighted by atomic mass is 10.1. The van der Waals surface area contributed by atoms with Gasteiger partial charge in [-0.2, -0.15) is 4.98 Å². The van der Waals surface area contributed by atoms with Crippen LogP contribution in [0.5, 0.6) is 0 Å². The molecule has 5 heteroatoms. The SMILES string of the molecule is Clc1ccc(-c2sc([NH+]3CCOCC3)nc2-c2ccccc2)cc1. The van der Waals surface area contributed by atoms with Crippen molar-refractivity contribution >= 4 is 28.1 Å². The van der Waals surface area contributed by atoms with Gasteiger partial charge in [-0.05, 0) is 17.7 Å². The molecule has 2 aromatic carbocycles. The molecule has 3 nitrogen and oxygen atoms in total. The first-order valence-corrected chi connectivity index (χ1v) is 9.26. The van der Waals surface area contributed by atoms with Crippen molar-refractivity contribution in [2.24, 2.45) is 0 Å². The fraction of sp³-hybridized carbons (Fsp3) is 0.211. The topological polar surface area (TPSA) is 26.6 Å². The molecular weight excluding hydrogens is 340 g/mol. The Morgan fingerprint density at radius 2 is 1.62 bits per heavy atom. The third-order valence-corrected chi connectivity index (χ3v) is 5.64. The predicted molar refractivity (Wildman–Crippen MR) is 99.2 cm³/mol. The van der Waals surface area contributed by atoms with Crippen LogP contribution in [-0.4, -0.2) is 31.3 Å². The molecule has 4 rings (SSSR count). The highest BCUT2D eigenvalue weighted by molar-refractivity contribution is 7.18. The van der Waals surface area contributed by atoms with Crippen molar-refractivity contribution < 1.29 is 9.64 Å². The van der Waals surface area contributed by atoms with Crippen LogP contribution in [0.1, 0.15) is 0 Å². The first-order chi connectivity index (χ1) is 11.8. The van der Waals surface area contributed by atoms with Gasteiger partial charge in [0.15, 0.2) is 0 Å². The van der Waals surface area contributed by atoms with E-state index in [9.17, 15) is 0 Å². The Morgan fingerprint density at radius 1 is 0.917 bits per heavy atom. The average Bonchev–Trinajstić information content (AvgIpc) is 3.09. The number of thiazole rings is 1. The summed E-state index contributed by atoms with van der Waals surface area (Å²) in [6, 6.07) is 18.4. The Bertz CT molecular complexity index is 811. The Labute approximate surface area is 150 Å². The molecule has 0 atom stereocenters. The van der Waals surface area contributed by atoms with Gasteiger partial charge in [-0.15, -0.1) is 0 Å². The van der Waals surface area contributed by atoms with Gasteiger partial charge in [0.05, 0.1) is 23.8 Å². The summed E-state index contributed by atoms with van der Waals surface area (Å²) in [6.07, 6.45) is 0. The van der Waals surface area contributed by atoms with Crippen molar-refractivity contribution in [3.63, 3.8) is 0 Å². The first kappa shape index (κ1) is 15.8. The summed E-state index contributed by atoms with van der Waals surface area (Å²) in [5.41, 5.74) is 3.36. The molecular formula is C19H18ClN2OS+. The van der Waals surface area contributed by atoms with Gasteiger partial charge >= 0.3 is 0 Å². The molecule has 0 aliphatic carbocycles. The van der Waals surface area contributed by atoms with E-state index >= 15 is 0 Å². The van der Waals surface area contributed by atoms with Crippen molar-refractivity contribution in [2.75, 3.05) is 26.3 Å². The summed E-state index contributed by atoms with van der Waals surface area (Å²) in [5.74, 6) is 0. The number of ether oxygens (including phenoxy) is 1. The fourth-order valence-electron chi connectivity index (χ4n) is 2.89. The Balaban J connectivity index is 1.80. The van der Waals surface area contributed by atoms with Crippen molar-refractivity contribution in [1.82, 2.24) is 4.98 Å². The van der Waals surface area contributed by atoms with E-state index < -0.39 is 0 Å². The second kappa shape index (κ2) is 7.03. The molecule has 122 valence electrons. The van der Waals surface area contributed by atoms with E-state index in [4.69, 9.17) is 21.3 Å².